The maximum atomic E-state index is 13.5. The molecule has 0 bridgehead atoms. The van der Waals surface area contributed by atoms with Gasteiger partial charge in [-0.25, -0.2) is 13.9 Å². The topological polar surface area (TPSA) is 77.2 Å². The number of carbonyl (C=O) groups is 1. The Kier molecular flexibility index (Phi) is 3.86. The summed E-state index contributed by atoms with van der Waals surface area (Å²) < 4.78 is 19.3. The van der Waals surface area contributed by atoms with Crippen molar-refractivity contribution in [3.63, 3.8) is 0 Å². The normalized spacial score (nSPS) is 10.5. The molecule has 1 N–H and O–H groups in total. The van der Waals surface area contributed by atoms with E-state index in [-0.39, 0.29) is 23.7 Å². The van der Waals surface area contributed by atoms with Gasteiger partial charge in [0, 0.05) is 5.56 Å². The summed E-state index contributed by atoms with van der Waals surface area (Å²) in [6, 6.07) is 6.18. The molecule has 0 atom stereocenters. The molecule has 0 saturated carbocycles. The van der Waals surface area contributed by atoms with Gasteiger partial charge in [-0.1, -0.05) is 23.4 Å². The van der Waals surface area contributed by atoms with Gasteiger partial charge in [-0.15, -0.1) is 5.10 Å². The molecule has 2 aromatic rings. The van der Waals surface area contributed by atoms with E-state index >= 15 is 0 Å². The highest BCUT2D eigenvalue weighted by atomic mass is 19.1. The van der Waals surface area contributed by atoms with Gasteiger partial charge in [0.15, 0.2) is 5.69 Å². The second-order valence-electron chi connectivity index (χ2n) is 3.78. The highest BCUT2D eigenvalue weighted by Crippen LogP contribution is 2.12. The van der Waals surface area contributed by atoms with E-state index < -0.39 is 12.6 Å². The predicted octanol–water partition coefficient (Wildman–Crippen LogP) is 0.744. The molecule has 2 rings (SSSR count). The van der Waals surface area contributed by atoms with Gasteiger partial charge in [0.2, 0.25) is 0 Å². The van der Waals surface area contributed by atoms with E-state index in [1.165, 1.54) is 17.9 Å². The van der Waals surface area contributed by atoms with Crippen LogP contribution in [0.15, 0.2) is 24.3 Å². The second-order valence-corrected chi connectivity index (χ2v) is 3.78. The van der Waals surface area contributed by atoms with Crippen molar-refractivity contribution >= 4 is 5.97 Å². The summed E-state index contributed by atoms with van der Waals surface area (Å²) in [5.74, 6) is -1.08. The lowest BCUT2D eigenvalue weighted by atomic mass is 10.2. The molecular formula is C12H12FN3O3. The predicted molar refractivity (Wildman–Crippen MR) is 62.8 cm³/mol. The maximum Gasteiger partial charge on any atom is 0.360 e. The Hall–Kier alpha value is -2.28. The molecule has 0 aliphatic heterocycles. The van der Waals surface area contributed by atoms with Crippen LogP contribution in [0.1, 0.15) is 21.7 Å². The number of aliphatic hydroxyl groups excluding tert-OH is 1. The van der Waals surface area contributed by atoms with Crippen LogP contribution in [-0.2, 0) is 17.9 Å². The molecule has 1 aromatic heterocycles. The molecule has 1 heterocycles. The molecule has 6 nitrogen and oxygen atoms in total. The van der Waals surface area contributed by atoms with Crippen molar-refractivity contribution in [1.82, 2.24) is 15.0 Å². The van der Waals surface area contributed by atoms with Crippen LogP contribution in [0.25, 0.3) is 0 Å². The van der Waals surface area contributed by atoms with Crippen molar-refractivity contribution in [3.05, 3.63) is 47.0 Å². The van der Waals surface area contributed by atoms with Crippen LogP contribution in [0.3, 0.4) is 0 Å². The Morgan fingerprint density at radius 3 is 2.84 bits per heavy atom. The average molecular weight is 265 g/mol. The van der Waals surface area contributed by atoms with E-state index in [4.69, 9.17) is 0 Å². The fraction of sp³-hybridized carbons (Fsp3) is 0.250. The van der Waals surface area contributed by atoms with Crippen molar-refractivity contribution in [2.45, 2.75) is 13.2 Å². The smallest absolute Gasteiger partial charge is 0.360 e. The molecule has 0 fully saturated rings. The number of nitrogens with zero attached hydrogens (tertiary/aromatic N) is 3. The van der Waals surface area contributed by atoms with Crippen molar-refractivity contribution in [3.8, 4) is 0 Å². The molecule has 0 aliphatic carbocycles. The Morgan fingerprint density at radius 2 is 2.21 bits per heavy atom. The average Bonchev–Trinajstić information content (AvgIpc) is 2.83. The third kappa shape index (κ3) is 2.60. The number of hydrogen-bond acceptors (Lipinski definition) is 5. The Balaban J connectivity index is 2.34. The number of ether oxygens (including phenoxy) is 1. The van der Waals surface area contributed by atoms with Crippen molar-refractivity contribution < 1.29 is 19.0 Å². The molecule has 7 heteroatoms. The minimum Gasteiger partial charge on any atom is -0.464 e. The van der Waals surface area contributed by atoms with Crippen LogP contribution in [0.4, 0.5) is 4.39 Å². The second kappa shape index (κ2) is 5.57. The van der Waals surface area contributed by atoms with Crippen molar-refractivity contribution in [1.29, 1.82) is 0 Å². The zero-order valence-corrected chi connectivity index (χ0v) is 10.2. The molecule has 0 radical (unpaired) electrons. The molecule has 0 saturated heterocycles. The fourth-order valence-corrected chi connectivity index (χ4v) is 1.66. The van der Waals surface area contributed by atoms with Gasteiger partial charge in [-0.3, -0.25) is 0 Å². The zero-order chi connectivity index (χ0) is 13.8. The lowest BCUT2D eigenvalue weighted by Crippen LogP contribution is -2.11. The summed E-state index contributed by atoms with van der Waals surface area (Å²) in [6.45, 7) is -0.363. The molecule has 19 heavy (non-hydrogen) atoms. The summed E-state index contributed by atoms with van der Waals surface area (Å²) >= 11 is 0. The van der Waals surface area contributed by atoms with Crippen LogP contribution in [0, 0.1) is 5.82 Å². The van der Waals surface area contributed by atoms with Crippen LogP contribution in [0.2, 0.25) is 0 Å². The number of aliphatic hydroxyl groups is 1. The number of aromatic nitrogens is 3. The maximum absolute atomic E-state index is 13.5. The summed E-state index contributed by atoms with van der Waals surface area (Å²) in [7, 11) is 1.21. The van der Waals surface area contributed by atoms with E-state index in [0.717, 1.165) is 0 Å². The van der Waals surface area contributed by atoms with E-state index in [2.05, 4.69) is 15.0 Å². The van der Waals surface area contributed by atoms with Crippen LogP contribution in [-0.4, -0.2) is 33.2 Å². The van der Waals surface area contributed by atoms with Gasteiger partial charge in [-0.05, 0) is 6.07 Å². The summed E-state index contributed by atoms with van der Waals surface area (Å²) in [4.78, 5) is 11.4. The van der Waals surface area contributed by atoms with Gasteiger partial charge in [0.1, 0.15) is 5.82 Å². The van der Waals surface area contributed by atoms with Gasteiger partial charge >= 0.3 is 5.97 Å². The van der Waals surface area contributed by atoms with Crippen LogP contribution in [0.5, 0.6) is 0 Å². The van der Waals surface area contributed by atoms with Gasteiger partial charge < -0.3 is 9.84 Å². The number of halogens is 1. The largest absolute Gasteiger partial charge is 0.464 e. The minimum atomic E-state index is -0.691. The molecule has 0 unspecified atom stereocenters. The highest BCUT2D eigenvalue weighted by molar-refractivity contribution is 5.88. The quantitative estimate of drug-likeness (QED) is 0.825. The van der Waals surface area contributed by atoms with E-state index in [9.17, 15) is 14.3 Å². The first-order chi connectivity index (χ1) is 9.17. The SMILES string of the molecule is COC(=O)c1nnn(Cc2ccccc2F)c1CO. The molecule has 1 aromatic carbocycles. The van der Waals surface area contributed by atoms with Crippen LogP contribution < -0.4 is 0 Å². The van der Waals surface area contributed by atoms with Gasteiger partial charge in [0.25, 0.3) is 0 Å². The fourth-order valence-electron chi connectivity index (χ4n) is 1.66. The number of benzene rings is 1. The van der Waals surface area contributed by atoms with Crippen LogP contribution >= 0.6 is 0 Å². The molecular weight excluding hydrogens is 253 g/mol. The number of carbonyl (C=O) groups excluding carboxylic acids is 1. The lowest BCUT2D eigenvalue weighted by Gasteiger charge is -2.06. The Labute approximate surface area is 108 Å². The standard InChI is InChI=1S/C12H12FN3O3/c1-19-12(18)11-10(7-17)16(15-14-11)6-8-4-2-3-5-9(8)13/h2-5,17H,6-7H2,1H3. The molecule has 100 valence electrons. The molecule has 0 aliphatic rings. The summed E-state index contributed by atoms with van der Waals surface area (Å²) in [5.41, 5.74) is 0.509. The molecule has 0 amide bonds. The Bertz CT molecular complexity index is 598. The van der Waals surface area contributed by atoms with Crippen molar-refractivity contribution in [2.75, 3.05) is 7.11 Å². The lowest BCUT2D eigenvalue weighted by molar-refractivity contribution is 0.0590. The number of methoxy groups -OCH3 is 1. The minimum absolute atomic E-state index is 0.0682. The van der Waals surface area contributed by atoms with E-state index in [0.29, 0.717) is 5.56 Å². The third-order valence-electron chi connectivity index (χ3n) is 2.64. The monoisotopic (exact) mass is 265 g/mol. The van der Waals surface area contributed by atoms with Crippen molar-refractivity contribution in [2.24, 2.45) is 0 Å². The highest BCUT2D eigenvalue weighted by Gasteiger charge is 2.20. The van der Waals surface area contributed by atoms with E-state index in [1.807, 2.05) is 0 Å². The number of hydrogen-bond donors (Lipinski definition) is 1. The number of rotatable bonds is 4. The summed E-state index contributed by atoms with van der Waals surface area (Å²) in [5, 5.41) is 16.6. The van der Waals surface area contributed by atoms with E-state index in [1.54, 1.807) is 18.2 Å². The first-order valence-electron chi connectivity index (χ1n) is 5.52. The molecule has 0 spiro atoms. The third-order valence-corrected chi connectivity index (χ3v) is 2.64. The summed E-state index contributed by atoms with van der Waals surface area (Å²) in [6.07, 6.45) is 0. The number of esters is 1. The van der Waals surface area contributed by atoms with Gasteiger partial charge in [-0.2, -0.15) is 0 Å². The first-order valence-corrected chi connectivity index (χ1v) is 5.52. The Morgan fingerprint density at radius 1 is 1.47 bits per heavy atom. The first kappa shape index (κ1) is 13.2. The van der Waals surface area contributed by atoms with Gasteiger partial charge in [0.05, 0.1) is 26.0 Å². The zero-order valence-electron chi connectivity index (χ0n) is 10.2.